The number of hydrogen-bond acceptors (Lipinski definition) is 3. The van der Waals surface area contributed by atoms with E-state index in [1.165, 1.54) is 6.92 Å². The van der Waals surface area contributed by atoms with Gasteiger partial charge in [0.25, 0.3) is 5.91 Å². The van der Waals surface area contributed by atoms with Gasteiger partial charge in [-0.2, -0.15) is 0 Å². The molecule has 4 aromatic rings. The summed E-state index contributed by atoms with van der Waals surface area (Å²) < 4.78 is 0. The molecule has 6 nitrogen and oxygen atoms in total. The van der Waals surface area contributed by atoms with Crippen molar-refractivity contribution in [3.05, 3.63) is 78.5 Å². The van der Waals surface area contributed by atoms with Crippen molar-refractivity contribution >= 4 is 39.8 Å². The van der Waals surface area contributed by atoms with E-state index in [0.717, 1.165) is 39.8 Å². The highest BCUT2D eigenvalue weighted by Gasteiger charge is 2.25. The van der Waals surface area contributed by atoms with E-state index in [1.807, 2.05) is 71.8 Å². The second-order valence-electron chi connectivity index (χ2n) is 8.90. The fraction of sp³-hybridized carbons (Fsp3) is 0.214. The maximum absolute atomic E-state index is 13.7. The third-order valence-corrected chi connectivity index (χ3v) is 6.57. The Morgan fingerprint density at radius 2 is 1.85 bits per heavy atom. The predicted octanol–water partition coefficient (Wildman–Crippen LogP) is 5.67. The number of carbonyl (C=O) groups is 2. The summed E-state index contributed by atoms with van der Waals surface area (Å²) in [6, 6.07) is 22.0. The van der Waals surface area contributed by atoms with E-state index in [4.69, 9.17) is 0 Å². The molecule has 0 saturated heterocycles. The number of nitrogens with one attached hydrogen (secondary N) is 2. The molecular weight excluding hydrogens is 424 g/mol. The SMILES string of the molecule is CC(=O)N(C)c1cc(C(=O)N2CC[C@H](C)Nc3ccccc32)ccc1-c1ccc2[nH]ccc2c1. The molecule has 1 aliphatic heterocycles. The van der Waals surface area contributed by atoms with E-state index < -0.39 is 0 Å². The molecule has 0 spiro atoms. The molecule has 1 aromatic heterocycles. The fourth-order valence-corrected chi connectivity index (χ4v) is 4.56. The first-order valence-corrected chi connectivity index (χ1v) is 11.6. The maximum atomic E-state index is 13.7. The van der Waals surface area contributed by atoms with E-state index >= 15 is 0 Å². The van der Waals surface area contributed by atoms with Gasteiger partial charge in [0.05, 0.1) is 17.1 Å². The topological polar surface area (TPSA) is 68.4 Å². The highest BCUT2D eigenvalue weighted by atomic mass is 16.2. The third-order valence-electron chi connectivity index (χ3n) is 6.57. The Balaban J connectivity index is 1.58. The van der Waals surface area contributed by atoms with Crippen molar-refractivity contribution in [2.75, 3.05) is 28.7 Å². The largest absolute Gasteiger partial charge is 0.381 e. The van der Waals surface area contributed by atoms with Crippen LogP contribution in [0.15, 0.2) is 72.9 Å². The summed E-state index contributed by atoms with van der Waals surface area (Å²) in [7, 11) is 1.75. The molecular formula is C28H28N4O2. The summed E-state index contributed by atoms with van der Waals surface area (Å²) in [5.41, 5.74) is 6.05. The lowest BCUT2D eigenvalue weighted by molar-refractivity contribution is -0.116. The highest BCUT2D eigenvalue weighted by molar-refractivity contribution is 6.10. The first kappa shape index (κ1) is 21.8. The molecule has 0 fully saturated rings. The number of benzene rings is 3. The van der Waals surface area contributed by atoms with Gasteiger partial charge in [-0.25, -0.2) is 0 Å². The van der Waals surface area contributed by atoms with Crippen LogP contribution in [0.3, 0.4) is 0 Å². The zero-order valence-corrected chi connectivity index (χ0v) is 19.6. The van der Waals surface area contributed by atoms with E-state index in [2.05, 4.69) is 23.3 Å². The number of hydrogen-bond donors (Lipinski definition) is 2. The van der Waals surface area contributed by atoms with Gasteiger partial charge in [0.2, 0.25) is 5.91 Å². The van der Waals surface area contributed by atoms with Crippen molar-refractivity contribution in [3.8, 4) is 11.1 Å². The minimum Gasteiger partial charge on any atom is -0.381 e. The number of fused-ring (bicyclic) bond motifs is 2. The van der Waals surface area contributed by atoms with Gasteiger partial charge in [-0.15, -0.1) is 0 Å². The second-order valence-corrected chi connectivity index (χ2v) is 8.90. The Morgan fingerprint density at radius 3 is 2.68 bits per heavy atom. The van der Waals surface area contributed by atoms with Gasteiger partial charge < -0.3 is 20.1 Å². The molecule has 5 rings (SSSR count). The minimum atomic E-state index is -0.0910. The highest BCUT2D eigenvalue weighted by Crippen LogP contribution is 2.35. The molecule has 0 saturated carbocycles. The molecule has 34 heavy (non-hydrogen) atoms. The molecule has 0 radical (unpaired) electrons. The van der Waals surface area contributed by atoms with Crippen LogP contribution in [0, 0.1) is 0 Å². The van der Waals surface area contributed by atoms with E-state index in [0.29, 0.717) is 17.8 Å². The first-order valence-electron chi connectivity index (χ1n) is 11.6. The molecule has 2 amide bonds. The number of amides is 2. The van der Waals surface area contributed by atoms with Crippen molar-refractivity contribution in [3.63, 3.8) is 0 Å². The molecule has 1 aliphatic rings. The smallest absolute Gasteiger partial charge is 0.258 e. The average Bonchev–Trinajstić information content (AvgIpc) is 3.25. The number of aromatic nitrogens is 1. The molecule has 1 atom stereocenters. The number of carbonyl (C=O) groups excluding carboxylic acids is 2. The quantitative estimate of drug-likeness (QED) is 0.421. The Kier molecular flexibility index (Phi) is 5.57. The van der Waals surface area contributed by atoms with Gasteiger partial charge in [-0.05, 0) is 66.8 Å². The molecule has 0 unspecified atom stereocenters. The summed E-state index contributed by atoms with van der Waals surface area (Å²) >= 11 is 0. The van der Waals surface area contributed by atoms with Crippen LogP contribution in [-0.2, 0) is 4.79 Å². The number of nitrogens with zero attached hydrogens (tertiary/aromatic N) is 2. The Hall–Kier alpha value is -4.06. The summed E-state index contributed by atoms with van der Waals surface area (Å²) in [6.45, 7) is 4.28. The lowest BCUT2D eigenvalue weighted by Gasteiger charge is -2.25. The average molecular weight is 453 g/mol. The maximum Gasteiger partial charge on any atom is 0.258 e. The second kappa shape index (κ2) is 8.71. The first-order chi connectivity index (χ1) is 16.4. The Bertz CT molecular complexity index is 1390. The number of H-pyrrole nitrogens is 1. The third kappa shape index (κ3) is 3.92. The van der Waals surface area contributed by atoms with Crippen LogP contribution in [-0.4, -0.2) is 36.4 Å². The van der Waals surface area contributed by atoms with Gasteiger partial charge in [-0.1, -0.05) is 24.3 Å². The number of aromatic amines is 1. The van der Waals surface area contributed by atoms with Crippen LogP contribution in [0.25, 0.3) is 22.0 Å². The van der Waals surface area contributed by atoms with Crippen molar-refractivity contribution in [2.45, 2.75) is 26.3 Å². The summed E-state index contributed by atoms with van der Waals surface area (Å²) in [4.78, 5) is 32.7. The van der Waals surface area contributed by atoms with Gasteiger partial charge in [0, 0.05) is 49.4 Å². The zero-order chi connectivity index (χ0) is 23.8. The number of rotatable bonds is 3. The van der Waals surface area contributed by atoms with Gasteiger partial charge in [-0.3, -0.25) is 9.59 Å². The van der Waals surface area contributed by atoms with Crippen molar-refractivity contribution in [2.24, 2.45) is 0 Å². The van der Waals surface area contributed by atoms with Crippen molar-refractivity contribution in [1.29, 1.82) is 0 Å². The summed E-state index contributed by atoms with van der Waals surface area (Å²) in [5.74, 6) is -0.166. The van der Waals surface area contributed by atoms with Crippen LogP contribution in [0.1, 0.15) is 30.6 Å². The van der Waals surface area contributed by atoms with Crippen molar-refractivity contribution < 1.29 is 9.59 Å². The molecule has 2 heterocycles. The standard InChI is InChI=1S/C28H28N4O2/c1-18-13-15-32(26-7-5-4-6-25(26)30-18)28(34)22-8-10-23(27(17-22)31(3)19(2)33)20-9-11-24-21(16-20)12-14-29-24/h4-12,14,16-18,29-30H,13,15H2,1-3H3/t18-/m0/s1. The number of para-hydroxylation sites is 2. The van der Waals surface area contributed by atoms with Crippen LogP contribution >= 0.6 is 0 Å². The fourth-order valence-electron chi connectivity index (χ4n) is 4.56. The lowest BCUT2D eigenvalue weighted by atomic mass is 9.99. The Morgan fingerprint density at radius 1 is 1.03 bits per heavy atom. The zero-order valence-electron chi connectivity index (χ0n) is 19.6. The van der Waals surface area contributed by atoms with Crippen LogP contribution in [0.4, 0.5) is 17.1 Å². The van der Waals surface area contributed by atoms with Gasteiger partial charge in [0.15, 0.2) is 0 Å². The molecule has 0 aliphatic carbocycles. The number of anilines is 3. The molecule has 6 heteroatoms. The van der Waals surface area contributed by atoms with Gasteiger partial charge >= 0.3 is 0 Å². The molecule has 0 bridgehead atoms. The van der Waals surface area contributed by atoms with Crippen molar-refractivity contribution in [1.82, 2.24) is 4.98 Å². The lowest BCUT2D eigenvalue weighted by Crippen LogP contribution is -2.32. The van der Waals surface area contributed by atoms with Crippen LogP contribution in [0.2, 0.25) is 0 Å². The summed E-state index contributed by atoms with van der Waals surface area (Å²) in [6.07, 6.45) is 2.75. The van der Waals surface area contributed by atoms with E-state index in [-0.39, 0.29) is 17.9 Å². The molecule has 172 valence electrons. The Labute approximate surface area is 199 Å². The normalized spacial score (nSPS) is 15.4. The monoisotopic (exact) mass is 452 g/mol. The van der Waals surface area contributed by atoms with Gasteiger partial charge in [0.1, 0.15) is 0 Å². The van der Waals surface area contributed by atoms with E-state index in [1.54, 1.807) is 11.9 Å². The molecule has 3 aromatic carbocycles. The van der Waals surface area contributed by atoms with Crippen LogP contribution in [0.5, 0.6) is 0 Å². The predicted molar refractivity (Wildman–Crippen MR) is 139 cm³/mol. The van der Waals surface area contributed by atoms with E-state index in [9.17, 15) is 9.59 Å². The minimum absolute atomic E-state index is 0.0748. The summed E-state index contributed by atoms with van der Waals surface area (Å²) in [5, 5.41) is 4.59. The van der Waals surface area contributed by atoms with Crippen LogP contribution < -0.4 is 15.1 Å². The molecule has 2 N–H and O–H groups in total.